The van der Waals surface area contributed by atoms with Crippen molar-refractivity contribution in [3.8, 4) is 17.2 Å². The van der Waals surface area contributed by atoms with Crippen LogP contribution in [0.1, 0.15) is 71.1 Å². The third-order valence-electron chi connectivity index (χ3n) is 7.26. The summed E-state index contributed by atoms with van der Waals surface area (Å²) in [5.74, 6) is -1.03. The molecule has 0 spiro atoms. The molecule has 2 aromatic heterocycles. The number of hydrogen-bond donors (Lipinski definition) is 3. The summed E-state index contributed by atoms with van der Waals surface area (Å²) in [6, 6.07) is 10.8. The monoisotopic (exact) mass is 581 g/mol. The summed E-state index contributed by atoms with van der Waals surface area (Å²) in [4.78, 5) is 35.7. The summed E-state index contributed by atoms with van der Waals surface area (Å²) in [6.07, 6.45) is -3.75. The molecule has 9 nitrogen and oxygen atoms in total. The molecule has 0 aliphatic carbocycles. The van der Waals surface area contributed by atoms with E-state index < -0.39 is 29.6 Å². The third kappa shape index (κ3) is 5.80. The number of aromatic hydroxyl groups is 1. The molecule has 2 amide bonds. The van der Waals surface area contributed by atoms with Gasteiger partial charge >= 0.3 is 6.18 Å². The van der Waals surface area contributed by atoms with Crippen molar-refractivity contribution in [3.05, 3.63) is 76.8 Å². The van der Waals surface area contributed by atoms with Crippen molar-refractivity contribution in [2.24, 2.45) is 11.1 Å². The minimum absolute atomic E-state index is 0.0283. The van der Waals surface area contributed by atoms with Gasteiger partial charge in [-0.3, -0.25) is 9.59 Å². The first-order chi connectivity index (χ1) is 19.7. The molecule has 5 rings (SSSR count). The number of phenolic OH excluding ortho intramolecular Hbond substituents is 1. The van der Waals surface area contributed by atoms with Gasteiger partial charge in [0.1, 0.15) is 17.0 Å². The zero-order valence-electron chi connectivity index (χ0n) is 23.2. The summed E-state index contributed by atoms with van der Waals surface area (Å²) in [5, 5.41) is 13.1. The number of amides is 2. The number of carbonyl (C=O) groups is 2. The van der Waals surface area contributed by atoms with Gasteiger partial charge in [0.05, 0.1) is 6.04 Å². The Morgan fingerprint density at radius 1 is 1.12 bits per heavy atom. The molecule has 0 bridgehead atoms. The molecule has 4 N–H and O–H groups in total. The highest BCUT2D eigenvalue weighted by molar-refractivity contribution is 5.98. The van der Waals surface area contributed by atoms with Gasteiger partial charge in [-0.1, -0.05) is 26.0 Å². The van der Waals surface area contributed by atoms with E-state index in [-0.39, 0.29) is 51.7 Å². The average molecular weight is 582 g/mol. The molecule has 1 saturated heterocycles. The highest BCUT2D eigenvalue weighted by Gasteiger charge is 2.34. The van der Waals surface area contributed by atoms with Crippen molar-refractivity contribution in [2.75, 3.05) is 13.1 Å². The van der Waals surface area contributed by atoms with E-state index in [1.807, 2.05) is 4.90 Å². The second kappa shape index (κ2) is 10.8. The van der Waals surface area contributed by atoms with Crippen LogP contribution in [0.15, 0.2) is 52.9 Å². The largest absolute Gasteiger partial charge is 0.506 e. The first kappa shape index (κ1) is 29.1. The molecule has 1 atom stereocenters. The number of oxazole rings is 1. The molecule has 1 fully saturated rings. The van der Waals surface area contributed by atoms with Gasteiger partial charge < -0.3 is 25.5 Å². The number of benzene rings is 2. The van der Waals surface area contributed by atoms with Crippen LogP contribution in [0.3, 0.4) is 0 Å². The Kier molecular flexibility index (Phi) is 7.44. The lowest BCUT2D eigenvalue weighted by atomic mass is 9.93. The maximum Gasteiger partial charge on any atom is 0.433 e. The fourth-order valence-corrected chi connectivity index (χ4v) is 4.97. The highest BCUT2D eigenvalue weighted by Crippen LogP contribution is 2.37. The number of rotatable bonds is 6. The minimum atomic E-state index is -4.70. The summed E-state index contributed by atoms with van der Waals surface area (Å²) in [6.45, 7) is 7.43. The molecule has 42 heavy (non-hydrogen) atoms. The van der Waals surface area contributed by atoms with E-state index in [0.717, 1.165) is 30.7 Å². The van der Waals surface area contributed by atoms with Crippen molar-refractivity contribution in [1.29, 1.82) is 0 Å². The lowest BCUT2D eigenvalue weighted by Gasteiger charge is -2.20. The summed E-state index contributed by atoms with van der Waals surface area (Å²) < 4.78 is 45.4. The van der Waals surface area contributed by atoms with Crippen LogP contribution in [0.5, 0.6) is 5.75 Å². The predicted octanol–water partition coefficient (Wildman–Crippen LogP) is 5.44. The van der Waals surface area contributed by atoms with Crippen molar-refractivity contribution < 1.29 is 32.3 Å². The molecule has 1 aliphatic heterocycles. The Morgan fingerprint density at radius 3 is 2.45 bits per heavy atom. The topological polar surface area (TPSA) is 135 Å². The van der Waals surface area contributed by atoms with Crippen LogP contribution < -0.4 is 11.1 Å². The van der Waals surface area contributed by atoms with Gasteiger partial charge in [-0.05, 0) is 60.7 Å². The van der Waals surface area contributed by atoms with Crippen molar-refractivity contribution in [3.63, 3.8) is 0 Å². The van der Waals surface area contributed by atoms with Gasteiger partial charge in [0.25, 0.3) is 11.8 Å². The molecule has 3 heterocycles. The Bertz CT molecular complexity index is 1660. The van der Waals surface area contributed by atoms with Crippen LogP contribution >= 0.6 is 0 Å². The summed E-state index contributed by atoms with van der Waals surface area (Å²) in [5.41, 5.74) is 6.16. The maximum absolute atomic E-state index is 13.2. The molecule has 0 unspecified atom stereocenters. The maximum atomic E-state index is 13.2. The number of aromatic nitrogens is 2. The van der Waals surface area contributed by atoms with E-state index in [9.17, 15) is 27.9 Å². The quantitative estimate of drug-likeness (QED) is 0.276. The molecule has 2 aromatic carbocycles. The molecular weight excluding hydrogens is 551 g/mol. The number of nitrogens with two attached hydrogens (primary N) is 1. The SMILES string of the molecule is C[C@H](N)c1oc(-c2ccc(O)c3nc(C(F)(F)F)ccc23)nc1C(=O)NCc1ccc(C(=O)N2CCC(C)(C)C2)cc1. The highest BCUT2D eigenvalue weighted by atomic mass is 19.4. The molecule has 0 saturated carbocycles. The number of nitrogens with one attached hydrogen (secondary N) is 1. The number of likely N-dealkylation sites (tertiary alicyclic amines) is 1. The van der Waals surface area contributed by atoms with Crippen LogP contribution in [-0.4, -0.2) is 44.9 Å². The van der Waals surface area contributed by atoms with E-state index in [1.54, 1.807) is 31.2 Å². The summed E-state index contributed by atoms with van der Waals surface area (Å²) >= 11 is 0. The van der Waals surface area contributed by atoms with Crippen LogP contribution in [0.2, 0.25) is 0 Å². The molecule has 220 valence electrons. The normalized spacial score (nSPS) is 15.6. The molecular formula is C30H30F3N5O4. The zero-order valence-corrected chi connectivity index (χ0v) is 23.2. The number of pyridine rings is 1. The van der Waals surface area contributed by atoms with Crippen LogP contribution in [0, 0.1) is 5.41 Å². The number of alkyl halides is 3. The second-order valence-electron chi connectivity index (χ2n) is 11.3. The van der Waals surface area contributed by atoms with Gasteiger partial charge in [0, 0.05) is 36.1 Å². The lowest BCUT2D eigenvalue weighted by Crippen LogP contribution is -2.30. The smallest absolute Gasteiger partial charge is 0.433 e. The Balaban J connectivity index is 1.35. The van der Waals surface area contributed by atoms with Crippen molar-refractivity contribution in [2.45, 2.75) is 46.0 Å². The minimum Gasteiger partial charge on any atom is -0.506 e. The number of fused-ring (bicyclic) bond motifs is 1. The van der Waals surface area contributed by atoms with Crippen molar-refractivity contribution >= 4 is 22.7 Å². The molecule has 0 radical (unpaired) electrons. The zero-order chi connectivity index (χ0) is 30.4. The number of nitrogens with zero attached hydrogens (tertiary/aromatic N) is 3. The van der Waals surface area contributed by atoms with Gasteiger partial charge in [0.15, 0.2) is 11.5 Å². The van der Waals surface area contributed by atoms with Gasteiger partial charge in [-0.15, -0.1) is 0 Å². The van der Waals surface area contributed by atoms with E-state index in [0.29, 0.717) is 12.1 Å². The fourth-order valence-electron chi connectivity index (χ4n) is 4.97. The first-order valence-electron chi connectivity index (χ1n) is 13.4. The summed E-state index contributed by atoms with van der Waals surface area (Å²) in [7, 11) is 0. The Hall–Kier alpha value is -4.45. The van der Waals surface area contributed by atoms with Crippen LogP contribution in [0.25, 0.3) is 22.4 Å². The van der Waals surface area contributed by atoms with Crippen LogP contribution in [0.4, 0.5) is 13.2 Å². The van der Waals surface area contributed by atoms with Crippen LogP contribution in [-0.2, 0) is 12.7 Å². The average Bonchev–Trinajstić information content (AvgIpc) is 3.55. The molecule has 1 aliphatic rings. The predicted molar refractivity (Wildman–Crippen MR) is 148 cm³/mol. The second-order valence-corrected chi connectivity index (χ2v) is 11.3. The molecule has 4 aromatic rings. The number of hydrogen-bond acceptors (Lipinski definition) is 7. The van der Waals surface area contributed by atoms with E-state index in [1.165, 1.54) is 12.1 Å². The van der Waals surface area contributed by atoms with Crippen molar-refractivity contribution in [1.82, 2.24) is 20.2 Å². The molecule has 12 heteroatoms. The number of phenols is 1. The Morgan fingerprint density at radius 2 is 1.83 bits per heavy atom. The van der Waals surface area contributed by atoms with E-state index >= 15 is 0 Å². The Labute approximate surface area is 239 Å². The number of carbonyl (C=O) groups excluding carboxylic acids is 2. The van der Waals surface area contributed by atoms with E-state index in [2.05, 4.69) is 29.1 Å². The first-order valence-corrected chi connectivity index (χ1v) is 13.4. The van der Waals surface area contributed by atoms with Gasteiger partial charge in [0.2, 0.25) is 5.89 Å². The van der Waals surface area contributed by atoms with E-state index in [4.69, 9.17) is 10.2 Å². The number of halogens is 3. The third-order valence-corrected chi connectivity index (χ3v) is 7.26. The van der Waals surface area contributed by atoms with Gasteiger partial charge in [-0.25, -0.2) is 9.97 Å². The fraction of sp³-hybridized carbons (Fsp3) is 0.333. The lowest BCUT2D eigenvalue weighted by molar-refractivity contribution is -0.140. The van der Waals surface area contributed by atoms with Gasteiger partial charge in [-0.2, -0.15) is 13.2 Å². The standard InChI is InChI=1S/C30H30F3N5O4/c1-16(34)25-24(26(40)35-14-17-4-6-18(7-5-17)28(41)38-13-12-29(2,3)15-38)37-27(42-25)20-8-10-21(39)23-19(20)9-11-22(36-23)30(31,32)33/h4-11,16,39H,12-15,34H2,1-3H3,(H,35,40)/t16-/m0/s1.